The van der Waals surface area contributed by atoms with Crippen molar-refractivity contribution >= 4 is 41.4 Å². The number of esters is 1. The molecule has 0 amide bonds. The summed E-state index contributed by atoms with van der Waals surface area (Å²) >= 11 is 6.51. The molecule has 292 valence electrons. The van der Waals surface area contributed by atoms with E-state index in [9.17, 15) is 13.2 Å². The van der Waals surface area contributed by atoms with Crippen LogP contribution in [0.5, 0.6) is 5.75 Å². The third-order valence-corrected chi connectivity index (χ3v) is 20.1. The average molecular weight is 795 g/mol. The number of halogens is 1. The lowest BCUT2D eigenvalue weighted by atomic mass is 9.65. The SMILES string of the molecule is COC(=O)c1ccc2c(c1)N(C[C@@H]1CC[C@H]1[C@H](O[Si](C)(C)C(C)(C)C)[C@@H]1CCC[C@@H](S(=O)(=O)c3ncccn3)C1)CC1(CCCc3cc(Cl)ccc31)CO2. The minimum atomic E-state index is -3.68. The number of benzene rings is 2. The maximum atomic E-state index is 13.9. The number of aromatic nitrogens is 2. The fourth-order valence-electron chi connectivity index (χ4n) is 9.29. The first-order chi connectivity index (χ1) is 25.6. The molecule has 2 heterocycles. The maximum absolute atomic E-state index is 13.9. The molecule has 2 fully saturated rings. The smallest absolute Gasteiger partial charge is 0.337 e. The third kappa shape index (κ3) is 7.59. The van der Waals surface area contributed by atoms with Crippen molar-refractivity contribution in [2.24, 2.45) is 17.8 Å². The molecule has 2 aromatic carbocycles. The van der Waals surface area contributed by atoms with Crippen LogP contribution in [0, 0.1) is 17.8 Å². The second-order valence-electron chi connectivity index (χ2n) is 17.7. The van der Waals surface area contributed by atoms with Crippen LogP contribution in [0.3, 0.4) is 0 Å². The van der Waals surface area contributed by atoms with E-state index in [2.05, 4.69) is 60.9 Å². The second kappa shape index (κ2) is 15.2. The van der Waals surface area contributed by atoms with E-state index in [-0.39, 0.29) is 39.5 Å². The molecule has 3 aromatic rings. The lowest BCUT2D eigenvalue weighted by molar-refractivity contribution is -0.0227. The van der Waals surface area contributed by atoms with Crippen molar-refractivity contribution in [2.75, 3.05) is 31.7 Å². The maximum Gasteiger partial charge on any atom is 0.337 e. The normalized spacial score (nSPS) is 26.5. The highest BCUT2D eigenvalue weighted by molar-refractivity contribution is 7.91. The summed E-state index contributed by atoms with van der Waals surface area (Å²) in [6.45, 7) is 13.5. The summed E-state index contributed by atoms with van der Waals surface area (Å²) < 4.78 is 47.0. The highest BCUT2D eigenvalue weighted by Gasteiger charge is 2.50. The predicted molar refractivity (Wildman–Crippen MR) is 215 cm³/mol. The summed E-state index contributed by atoms with van der Waals surface area (Å²) in [4.78, 5) is 23.6. The van der Waals surface area contributed by atoms with Crippen molar-refractivity contribution < 1.29 is 27.1 Å². The number of methoxy groups -OCH3 is 1. The minimum Gasteiger partial charge on any atom is -0.490 e. The average Bonchev–Trinajstić information content (AvgIpc) is 3.29. The van der Waals surface area contributed by atoms with E-state index in [4.69, 9.17) is 25.5 Å². The molecule has 9 nitrogen and oxygen atoms in total. The Hall–Kier alpha value is -2.99. The van der Waals surface area contributed by atoms with E-state index in [1.54, 1.807) is 12.1 Å². The van der Waals surface area contributed by atoms with Gasteiger partial charge in [0.2, 0.25) is 15.0 Å². The molecule has 1 aliphatic heterocycles. The first-order valence-corrected chi connectivity index (χ1v) is 24.5. The molecular weight excluding hydrogens is 738 g/mol. The highest BCUT2D eigenvalue weighted by atomic mass is 35.5. The van der Waals surface area contributed by atoms with Crippen LogP contribution >= 0.6 is 11.6 Å². The van der Waals surface area contributed by atoms with Crippen molar-refractivity contribution in [3.05, 3.63) is 76.6 Å². The van der Waals surface area contributed by atoms with Gasteiger partial charge in [0.05, 0.1) is 36.3 Å². The van der Waals surface area contributed by atoms with Crippen molar-refractivity contribution in [3.63, 3.8) is 0 Å². The number of ether oxygens (including phenoxy) is 2. The summed E-state index contributed by atoms with van der Waals surface area (Å²) in [7, 11) is -4.51. The molecule has 0 bridgehead atoms. The van der Waals surface area contributed by atoms with Gasteiger partial charge in [0.25, 0.3) is 0 Å². The Kier molecular flexibility index (Phi) is 11.0. The second-order valence-corrected chi connectivity index (χ2v) is 25.1. The Morgan fingerprint density at radius 1 is 1.07 bits per heavy atom. The van der Waals surface area contributed by atoms with E-state index < -0.39 is 23.4 Å². The van der Waals surface area contributed by atoms with Gasteiger partial charge in [-0.15, -0.1) is 0 Å². The predicted octanol–water partition coefficient (Wildman–Crippen LogP) is 8.84. The van der Waals surface area contributed by atoms with Crippen LogP contribution in [0.2, 0.25) is 23.2 Å². The van der Waals surface area contributed by atoms with Crippen LogP contribution in [0.25, 0.3) is 0 Å². The molecule has 6 atom stereocenters. The molecule has 1 aromatic heterocycles. The Bertz CT molecular complexity index is 1960. The van der Waals surface area contributed by atoms with Gasteiger partial charge >= 0.3 is 5.97 Å². The summed E-state index contributed by atoms with van der Waals surface area (Å²) in [5.74, 6) is 1.09. The van der Waals surface area contributed by atoms with Gasteiger partial charge in [-0.1, -0.05) is 44.9 Å². The van der Waals surface area contributed by atoms with E-state index in [1.165, 1.54) is 30.6 Å². The molecule has 0 saturated heterocycles. The van der Waals surface area contributed by atoms with Crippen LogP contribution in [-0.2, 0) is 30.8 Å². The van der Waals surface area contributed by atoms with Crippen molar-refractivity contribution in [2.45, 2.75) is 119 Å². The monoisotopic (exact) mass is 793 g/mol. The van der Waals surface area contributed by atoms with Gasteiger partial charge in [0.1, 0.15) is 5.75 Å². The fraction of sp³-hybridized carbons (Fsp3) is 0.595. The van der Waals surface area contributed by atoms with Crippen LogP contribution in [-0.4, -0.2) is 70.8 Å². The van der Waals surface area contributed by atoms with Crippen molar-refractivity contribution in [3.8, 4) is 5.75 Å². The number of sulfone groups is 1. The number of aryl methyl sites for hydroxylation is 1. The van der Waals surface area contributed by atoms with Crippen LogP contribution in [0.4, 0.5) is 5.69 Å². The summed E-state index contributed by atoms with van der Waals surface area (Å²) in [6, 6.07) is 13.6. The van der Waals surface area contributed by atoms with E-state index in [0.29, 0.717) is 30.9 Å². The Labute approximate surface area is 327 Å². The molecule has 3 aliphatic carbocycles. The highest BCUT2D eigenvalue weighted by Crippen LogP contribution is 2.51. The van der Waals surface area contributed by atoms with Gasteiger partial charge in [0, 0.05) is 35.9 Å². The lowest BCUT2D eigenvalue weighted by Crippen LogP contribution is -2.54. The third-order valence-electron chi connectivity index (χ3n) is 13.4. The molecule has 4 aliphatic rings. The molecule has 1 unspecified atom stereocenters. The zero-order valence-electron chi connectivity index (χ0n) is 32.6. The molecule has 12 heteroatoms. The van der Waals surface area contributed by atoms with Gasteiger partial charge in [0.15, 0.2) is 8.32 Å². The van der Waals surface area contributed by atoms with Crippen molar-refractivity contribution in [1.29, 1.82) is 0 Å². The van der Waals surface area contributed by atoms with Crippen LogP contribution in [0.1, 0.15) is 93.6 Å². The molecule has 7 rings (SSSR count). The fourth-order valence-corrected chi connectivity index (χ4v) is 12.6. The summed E-state index contributed by atoms with van der Waals surface area (Å²) in [6.07, 6.45) is 11.0. The number of carbonyl (C=O) groups is 1. The number of rotatable bonds is 9. The number of fused-ring (bicyclic) bond motifs is 3. The molecule has 0 radical (unpaired) electrons. The number of hydrogen-bond donors (Lipinski definition) is 0. The van der Waals surface area contributed by atoms with Gasteiger partial charge in [-0.3, -0.25) is 0 Å². The van der Waals surface area contributed by atoms with E-state index in [1.807, 2.05) is 18.2 Å². The van der Waals surface area contributed by atoms with Crippen LogP contribution in [0.15, 0.2) is 60.0 Å². The Morgan fingerprint density at radius 3 is 2.56 bits per heavy atom. The molecule has 0 N–H and O–H groups in total. The number of anilines is 1. The number of hydrogen-bond acceptors (Lipinski definition) is 9. The number of nitrogens with zero attached hydrogens (tertiary/aromatic N) is 3. The van der Waals surface area contributed by atoms with E-state index >= 15 is 0 Å². The van der Waals surface area contributed by atoms with Gasteiger partial charge in [-0.25, -0.2) is 23.2 Å². The summed E-state index contributed by atoms with van der Waals surface area (Å²) in [5, 5.41) is 0.140. The lowest BCUT2D eigenvalue weighted by Gasteiger charge is -2.52. The molecule has 1 spiro atoms. The minimum absolute atomic E-state index is 0.00246. The Morgan fingerprint density at radius 2 is 1.85 bits per heavy atom. The molecule has 2 saturated carbocycles. The zero-order chi connectivity index (χ0) is 38.5. The zero-order valence-corrected chi connectivity index (χ0v) is 35.2. The van der Waals surface area contributed by atoms with E-state index in [0.717, 1.165) is 74.5 Å². The largest absolute Gasteiger partial charge is 0.490 e. The van der Waals surface area contributed by atoms with Gasteiger partial charge < -0.3 is 18.8 Å². The summed E-state index contributed by atoms with van der Waals surface area (Å²) in [5.41, 5.74) is 3.74. The quantitative estimate of drug-likeness (QED) is 0.119. The molecule has 54 heavy (non-hydrogen) atoms. The van der Waals surface area contributed by atoms with Crippen molar-refractivity contribution in [1.82, 2.24) is 9.97 Å². The molecular formula is C42H56ClN3O6SSi. The first-order valence-electron chi connectivity index (χ1n) is 19.7. The standard InChI is InChI=1S/C42H56ClN3O6SSi/c1-41(2,3)54(5,6)52-38(29-10-7-12-33(23-29)53(48,49)40-44-20-9-21-45-40)34-16-13-31(34)25-46-26-42(19-8-11-28-22-32(43)15-17-35(28)42)27-51-37-18-14-30(24-36(37)46)39(47)50-4/h9,14-15,17-18,20-22,24,29,31,33-34,38H,7-8,10-13,16,19,23,25-27H2,1-6H3/t29-,31+,33-,34-,38-,42?/m1/s1. The van der Waals surface area contributed by atoms with Gasteiger partial charge in [-0.2, -0.15) is 0 Å². The van der Waals surface area contributed by atoms with Crippen LogP contribution < -0.4 is 9.64 Å². The number of carbonyl (C=O) groups excluding carboxylic acids is 1. The van der Waals surface area contributed by atoms with Gasteiger partial charge in [-0.05, 0) is 135 Å². The Balaban J connectivity index is 1.23. The first kappa shape index (κ1) is 39.2. The topological polar surface area (TPSA) is 108 Å².